The summed E-state index contributed by atoms with van der Waals surface area (Å²) in [5.74, 6) is 0.0431. The van der Waals surface area contributed by atoms with Crippen molar-refractivity contribution in [3.63, 3.8) is 0 Å². The molecule has 2 rings (SSSR count). The highest BCUT2D eigenvalue weighted by atomic mass is 79.9. The van der Waals surface area contributed by atoms with E-state index in [2.05, 4.69) is 28.1 Å². The molecule has 0 aliphatic heterocycles. The lowest BCUT2D eigenvalue weighted by molar-refractivity contribution is 0.0759. The van der Waals surface area contributed by atoms with Gasteiger partial charge in [-0.1, -0.05) is 30.3 Å². The van der Waals surface area contributed by atoms with Gasteiger partial charge in [0, 0.05) is 11.1 Å². The maximum absolute atomic E-state index is 11.8. The molecule has 2 aromatic rings. The number of ketones is 1. The Hall–Kier alpha value is -0.970. The molecule has 0 radical (unpaired) electrons. The third-order valence-corrected chi connectivity index (χ3v) is 4.58. The first-order valence-corrected chi connectivity index (χ1v) is 7.82. The summed E-state index contributed by atoms with van der Waals surface area (Å²) in [7, 11) is 0. The van der Waals surface area contributed by atoms with E-state index in [1.165, 1.54) is 16.9 Å². The second-order valence-corrected chi connectivity index (χ2v) is 5.93. The number of halogens is 1. The Morgan fingerprint density at radius 2 is 2.00 bits per heavy atom. The normalized spacial score (nSPS) is 10.6. The average molecular weight is 339 g/mol. The van der Waals surface area contributed by atoms with Crippen LogP contribution >= 0.6 is 27.3 Å². The molecule has 0 bridgehead atoms. The van der Waals surface area contributed by atoms with Crippen molar-refractivity contribution in [1.82, 2.24) is 0 Å². The van der Waals surface area contributed by atoms with Crippen LogP contribution in [0.25, 0.3) is 0 Å². The molecule has 0 N–H and O–H groups in total. The highest BCUT2D eigenvalue weighted by molar-refractivity contribution is 9.10. The van der Waals surface area contributed by atoms with Crippen LogP contribution in [0.3, 0.4) is 0 Å². The van der Waals surface area contributed by atoms with Crippen molar-refractivity contribution in [3.8, 4) is 0 Å². The minimum atomic E-state index is 0.0431. The molecule has 0 saturated carbocycles. The number of hydrogen-bond acceptors (Lipinski definition) is 3. The zero-order valence-corrected chi connectivity index (χ0v) is 12.9. The van der Waals surface area contributed by atoms with Crippen LogP contribution in [-0.2, 0) is 11.2 Å². The molecule has 0 aliphatic rings. The van der Waals surface area contributed by atoms with E-state index < -0.39 is 0 Å². The van der Waals surface area contributed by atoms with Crippen molar-refractivity contribution >= 4 is 33.0 Å². The number of rotatable bonds is 7. The Morgan fingerprint density at radius 1 is 1.21 bits per heavy atom. The number of thiophene rings is 1. The molecule has 0 unspecified atom stereocenters. The molecule has 0 fully saturated rings. The summed E-state index contributed by atoms with van der Waals surface area (Å²) < 4.78 is 6.29. The maximum Gasteiger partial charge on any atom is 0.199 e. The Balaban J connectivity index is 1.65. The van der Waals surface area contributed by atoms with Gasteiger partial charge in [0.1, 0.15) is 6.61 Å². The van der Waals surface area contributed by atoms with Gasteiger partial charge in [-0.2, -0.15) is 0 Å². The zero-order chi connectivity index (χ0) is 13.5. The predicted octanol–water partition coefficient (Wildman–Crippen LogP) is 4.34. The number of aryl methyl sites for hydroxylation is 1. The molecule has 0 atom stereocenters. The first-order valence-electron chi connectivity index (χ1n) is 6.15. The van der Waals surface area contributed by atoms with Crippen molar-refractivity contribution in [2.45, 2.75) is 12.8 Å². The number of hydrogen-bond donors (Lipinski definition) is 0. The molecule has 1 aromatic heterocycles. The summed E-state index contributed by atoms with van der Waals surface area (Å²) in [4.78, 5) is 12.6. The zero-order valence-electron chi connectivity index (χ0n) is 10.5. The predicted molar refractivity (Wildman–Crippen MR) is 81.9 cm³/mol. The van der Waals surface area contributed by atoms with Gasteiger partial charge in [-0.05, 0) is 45.8 Å². The number of carbonyl (C=O) groups is 1. The van der Waals surface area contributed by atoms with Crippen LogP contribution < -0.4 is 0 Å². The SMILES string of the molecule is O=C(COCCCc1ccccc1)c1sccc1Br. The standard InChI is InChI=1S/C15H15BrO2S/c16-13-8-10-19-15(13)14(17)11-18-9-4-7-12-5-2-1-3-6-12/h1-3,5-6,8,10H,4,7,9,11H2. The van der Waals surface area contributed by atoms with Crippen molar-refractivity contribution < 1.29 is 9.53 Å². The van der Waals surface area contributed by atoms with Gasteiger partial charge in [-0.25, -0.2) is 0 Å². The molecule has 2 nitrogen and oxygen atoms in total. The first kappa shape index (κ1) is 14.4. The summed E-state index contributed by atoms with van der Waals surface area (Å²) in [6, 6.07) is 12.2. The monoisotopic (exact) mass is 338 g/mol. The van der Waals surface area contributed by atoms with Crippen molar-refractivity contribution in [2.75, 3.05) is 13.2 Å². The van der Waals surface area contributed by atoms with E-state index in [1.54, 1.807) is 0 Å². The highest BCUT2D eigenvalue weighted by Crippen LogP contribution is 2.23. The van der Waals surface area contributed by atoms with Crippen LogP contribution in [0.1, 0.15) is 21.7 Å². The fourth-order valence-corrected chi connectivity index (χ4v) is 3.27. The lowest BCUT2D eigenvalue weighted by atomic mass is 10.1. The molecule has 0 spiro atoms. The van der Waals surface area contributed by atoms with Crippen molar-refractivity contribution in [1.29, 1.82) is 0 Å². The number of ether oxygens (including phenoxy) is 1. The average Bonchev–Trinajstić information content (AvgIpc) is 2.86. The Morgan fingerprint density at radius 3 is 2.68 bits per heavy atom. The van der Waals surface area contributed by atoms with Gasteiger partial charge in [0.15, 0.2) is 5.78 Å². The minimum Gasteiger partial charge on any atom is -0.373 e. The molecule has 100 valence electrons. The second-order valence-electron chi connectivity index (χ2n) is 4.16. The van der Waals surface area contributed by atoms with Crippen LogP contribution in [0, 0.1) is 0 Å². The van der Waals surface area contributed by atoms with Crippen LogP contribution in [0.4, 0.5) is 0 Å². The van der Waals surface area contributed by atoms with Crippen LogP contribution in [0.2, 0.25) is 0 Å². The fraction of sp³-hybridized carbons (Fsp3) is 0.267. The summed E-state index contributed by atoms with van der Waals surface area (Å²) in [6.45, 7) is 0.775. The van der Waals surface area contributed by atoms with Gasteiger partial charge in [0.2, 0.25) is 0 Å². The molecule has 1 aromatic carbocycles. The second kappa shape index (κ2) is 7.58. The van der Waals surface area contributed by atoms with Crippen molar-refractivity contribution in [3.05, 3.63) is 56.7 Å². The van der Waals surface area contributed by atoms with Gasteiger partial charge in [0.25, 0.3) is 0 Å². The van der Waals surface area contributed by atoms with E-state index in [-0.39, 0.29) is 12.4 Å². The lowest BCUT2D eigenvalue weighted by Crippen LogP contribution is -2.09. The van der Waals surface area contributed by atoms with Gasteiger partial charge < -0.3 is 4.74 Å². The summed E-state index contributed by atoms with van der Waals surface area (Å²) in [5.41, 5.74) is 1.30. The first-order chi connectivity index (χ1) is 9.27. The summed E-state index contributed by atoms with van der Waals surface area (Å²) >= 11 is 4.80. The molecule has 1 heterocycles. The third kappa shape index (κ3) is 4.56. The topological polar surface area (TPSA) is 26.3 Å². The van der Waals surface area contributed by atoms with E-state index in [4.69, 9.17) is 4.74 Å². The van der Waals surface area contributed by atoms with E-state index in [1.807, 2.05) is 29.6 Å². The van der Waals surface area contributed by atoms with Gasteiger partial charge in [-0.3, -0.25) is 4.79 Å². The minimum absolute atomic E-state index is 0.0431. The highest BCUT2D eigenvalue weighted by Gasteiger charge is 2.11. The molecule has 0 aliphatic carbocycles. The quantitative estimate of drug-likeness (QED) is 0.554. The summed E-state index contributed by atoms with van der Waals surface area (Å²) in [6.07, 6.45) is 1.92. The Kier molecular flexibility index (Phi) is 5.76. The van der Waals surface area contributed by atoms with E-state index >= 15 is 0 Å². The molecular weight excluding hydrogens is 324 g/mol. The van der Waals surface area contributed by atoms with Crippen LogP contribution in [0.15, 0.2) is 46.3 Å². The number of Topliss-reactive ketones (excluding diaryl/α,β-unsaturated/α-hetero) is 1. The third-order valence-electron chi connectivity index (χ3n) is 2.70. The molecule has 0 saturated heterocycles. The molecule has 0 amide bonds. The largest absolute Gasteiger partial charge is 0.373 e. The van der Waals surface area contributed by atoms with Crippen LogP contribution in [-0.4, -0.2) is 19.0 Å². The van der Waals surface area contributed by atoms with Gasteiger partial charge in [-0.15, -0.1) is 11.3 Å². The van der Waals surface area contributed by atoms with Crippen molar-refractivity contribution in [2.24, 2.45) is 0 Å². The van der Waals surface area contributed by atoms with Gasteiger partial charge in [0.05, 0.1) is 4.88 Å². The smallest absolute Gasteiger partial charge is 0.199 e. The molecule has 19 heavy (non-hydrogen) atoms. The van der Waals surface area contributed by atoms with E-state index in [0.717, 1.165) is 22.2 Å². The lowest BCUT2D eigenvalue weighted by Gasteiger charge is -2.03. The number of carbonyl (C=O) groups excluding carboxylic acids is 1. The number of benzene rings is 1. The van der Waals surface area contributed by atoms with E-state index in [9.17, 15) is 4.79 Å². The molecular formula is C15H15BrO2S. The molecule has 4 heteroatoms. The summed E-state index contributed by atoms with van der Waals surface area (Å²) in [5, 5.41) is 1.90. The Labute approximate surface area is 125 Å². The van der Waals surface area contributed by atoms with E-state index in [0.29, 0.717) is 6.61 Å². The maximum atomic E-state index is 11.8. The fourth-order valence-electron chi connectivity index (χ4n) is 1.75. The van der Waals surface area contributed by atoms with Crippen LogP contribution in [0.5, 0.6) is 0 Å². The Bertz CT molecular complexity index is 522. The van der Waals surface area contributed by atoms with Gasteiger partial charge >= 0.3 is 0 Å².